The van der Waals surface area contributed by atoms with E-state index in [1.54, 1.807) is 26.0 Å². The number of sulfonamides is 1. The Labute approximate surface area is 130 Å². The molecule has 120 valence electrons. The molecule has 0 N–H and O–H groups in total. The SMILES string of the molecule is CCOC1=C(CC)S(=O)(=O)N(C)c2cc(C(=O)OC)ccc21. The number of nitrogens with zero attached hydrogens (tertiary/aromatic N) is 1. The van der Waals surface area contributed by atoms with Crippen LogP contribution in [-0.4, -0.2) is 35.2 Å². The van der Waals surface area contributed by atoms with Crippen LogP contribution in [0.25, 0.3) is 5.76 Å². The second-order valence-corrected chi connectivity index (χ2v) is 6.73. The zero-order chi connectivity index (χ0) is 16.5. The average Bonchev–Trinajstić information content (AvgIpc) is 2.51. The molecular formula is C15H19NO5S. The normalized spacial score (nSPS) is 16.3. The number of anilines is 1. The highest BCUT2D eigenvalue weighted by Gasteiger charge is 2.35. The first-order valence-corrected chi connectivity index (χ1v) is 8.40. The van der Waals surface area contributed by atoms with Crippen molar-refractivity contribution in [1.82, 2.24) is 0 Å². The van der Waals surface area contributed by atoms with Crippen LogP contribution in [0.5, 0.6) is 0 Å². The fraction of sp³-hybridized carbons (Fsp3) is 0.400. The van der Waals surface area contributed by atoms with Crippen molar-refractivity contribution in [1.29, 1.82) is 0 Å². The van der Waals surface area contributed by atoms with E-state index in [1.807, 2.05) is 0 Å². The Bertz CT molecular complexity index is 736. The lowest BCUT2D eigenvalue weighted by atomic mass is 10.1. The number of methoxy groups -OCH3 is 1. The molecule has 2 rings (SSSR count). The number of ether oxygens (including phenoxy) is 2. The van der Waals surface area contributed by atoms with E-state index in [0.29, 0.717) is 35.6 Å². The first-order valence-electron chi connectivity index (χ1n) is 6.96. The molecule has 6 nitrogen and oxygen atoms in total. The summed E-state index contributed by atoms with van der Waals surface area (Å²) in [4.78, 5) is 11.9. The summed E-state index contributed by atoms with van der Waals surface area (Å²) >= 11 is 0. The van der Waals surface area contributed by atoms with Crippen molar-refractivity contribution >= 4 is 27.4 Å². The third-order valence-corrected chi connectivity index (χ3v) is 5.55. The van der Waals surface area contributed by atoms with Crippen LogP contribution < -0.4 is 4.31 Å². The molecule has 0 fully saturated rings. The molecule has 7 heteroatoms. The first kappa shape index (κ1) is 16.4. The van der Waals surface area contributed by atoms with Crippen molar-refractivity contribution in [2.45, 2.75) is 20.3 Å². The van der Waals surface area contributed by atoms with Crippen molar-refractivity contribution in [2.24, 2.45) is 0 Å². The fourth-order valence-electron chi connectivity index (χ4n) is 2.44. The number of benzene rings is 1. The van der Waals surface area contributed by atoms with Crippen LogP contribution in [0.2, 0.25) is 0 Å². The Morgan fingerprint density at radius 3 is 2.50 bits per heavy atom. The van der Waals surface area contributed by atoms with Gasteiger partial charge in [0, 0.05) is 12.6 Å². The van der Waals surface area contributed by atoms with Crippen LogP contribution in [0.15, 0.2) is 23.1 Å². The lowest BCUT2D eigenvalue weighted by molar-refractivity contribution is 0.0600. The van der Waals surface area contributed by atoms with E-state index in [-0.39, 0.29) is 4.91 Å². The third kappa shape index (κ3) is 2.45. The predicted octanol–water partition coefficient (Wildman–Crippen LogP) is 2.37. The minimum absolute atomic E-state index is 0.246. The number of hydrogen-bond donors (Lipinski definition) is 0. The molecule has 1 aliphatic rings. The maximum absolute atomic E-state index is 12.6. The smallest absolute Gasteiger partial charge is 0.337 e. The molecular weight excluding hydrogens is 306 g/mol. The van der Waals surface area contributed by atoms with Gasteiger partial charge < -0.3 is 9.47 Å². The van der Waals surface area contributed by atoms with E-state index in [0.717, 1.165) is 0 Å². The highest BCUT2D eigenvalue weighted by atomic mass is 32.2. The van der Waals surface area contributed by atoms with Gasteiger partial charge in [0.05, 0.1) is 25.0 Å². The summed E-state index contributed by atoms with van der Waals surface area (Å²) in [6, 6.07) is 4.79. The molecule has 0 amide bonds. The number of hydrogen-bond acceptors (Lipinski definition) is 5. The van der Waals surface area contributed by atoms with Crippen LogP contribution >= 0.6 is 0 Å². The van der Waals surface area contributed by atoms with Crippen LogP contribution in [0, 0.1) is 0 Å². The highest BCUT2D eigenvalue weighted by molar-refractivity contribution is 7.96. The average molecular weight is 325 g/mol. The van der Waals surface area contributed by atoms with E-state index < -0.39 is 16.0 Å². The van der Waals surface area contributed by atoms with Gasteiger partial charge in [-0.25, -0.2) is 13.2 Å². The first-order chi connectivity index (χ1) is 10.4. The zero-order valence-corrected chi connectivity index (χ0v) is 13.9. The second-order valence-electron chi connectivity index (χ2n) is 4.73. The summed E-state index contributed by atoms with van der Waals surface area (Å²) in [6.07, 6.45) is 0.334. The van der Waals surface area contributed by atoms with Crippen LogP contribution in [0.3, 0.4) is 0 Å². The number of esters is 1. The molecule has 0 aliphatic carbocycles. The van der Waals surface area contributed by atoms with Crippen molar-refractivity contribution in [3.8, 4) is 0 Å². The van der Waals surface area contributed by atoms with Gasteiger partial charge in [0.1, 0.15) is 10.7 Å². The van der Waals surface area contributed by atoms with Gasteiger partial charge in [-0.15, -0.1) is 0 Å². The molecule has 1 aliphatic heterocycles. The van der Waals surface area contributed by atoms with Crippen molar-refractivity contribution < 1.29 is 22.7 Å². The molecule has 0 aromatic heterocycles. The standard InChI is InChI=1S/C15H19NO5S/c1-5-13-14(21-6-2)11-8-7-10(15(17)20-4)9-12(11)16(3)22(13,18)19/h7-9H,5-6H2,1-4H3. The number of carbonyl (C=O) groups excluding carboxylic acids is 1. The summed E-state index contributed by atoms with van der Waals surface area (Å²) in [5, 5.41) is 0. The Hall–Kier alpha value is -2.02. The van der Waals surface area contributed by atoms with Crippen LogP contribution in [0.1, 0.15) is 36.2 Å². The lowest BCUT2D eigenvalue weighted by Crippen LogP contribution is -2.33. The molecule has 0 unspecified atom stereocenters. The predicted molar refractivity (Wildman–Crippen MR) is 83.9 cm³/mol. The molecule has 22 heavy (non-hydrogen) atoms. The molecule has 1 aromatic carbocycles. The van der Waals surface area contributed by atoms with Gasteiger partial charge in [-0.3, -0.25) is 4.31 Å². The molecule has 0 bridgehead atoms. The number of fused-ring (bicyclic) bond motifs is 1. The summed E-state index contributed by atoms with van der Waals surface area (Å²) in [5.74, 6) is -0.161. The Morgan fingerprint density at radius 1 is 1.27 bits per heavy atom. The number of carbonyl (C=O) groups is 1. The van der Waals surface area contributed by atoms with Crippen LogP contribution in [-0.2, 0) is 19.5 Å². The second kappa shape index (κ2) is 6.00. The Balaban J connectivity index is 2.73. The lowest BCUT2D eigenvalue weighted by Gasteiger charge is -2.30. The van der Waals surface area contributed by atoms with Crippen LogP contribution in [0.4, 0.5) is 5.69 Å². The number of rotatable bonds is 4. The molecule has 1 heterocycles. The molecule has 0 saturated heterocycles. The molecule has 0 radical (unpaired) electrons. The zero-order valence-electron chi connectivity index (χ0n) is 13.0. The van der Waals surface area contributed by atoms with E-state index in [4.69, 9.17) is 4.74 Å². The van der Waals surface area contributed by atoms with E-state index >= 15 is 0 Å². The van der Waals surface area contributed by atoms with E-state index in [2.05, 4.69) is 4.74 Å². The monoisotopic (exact) mass is 325 g/mol. The Morgan fingerprint density at radius 2 is 1.95 bits per heavy atom. The van der Waals surface area contributed by atoms with E-state index in [1.165, 1.54) is 24.5 Å². The van der Waals surface area contributed by atoms with E-state index in [9.17, 15) is 13.2 Å². The highest BCUT2D eigenvalue weighted by Crippen LogP contribution is 2.40. The topological polar surface area (TPSA) is 72.9 Å². The summed E-state index contributed by atoms with van der Waals surface area (Å²) in [7, 11) is -0.904. The van der Waals surface area contributed by atoms with Gasteiger partial charge in [-0.1, -0.05) is 6.92 Å². The van der Waals surface area contributed by atoms with Crippen molar-refractivity contribution in [3.05, 3.63) is 34.2 Å². The maximum atomic E-state index is 12.6. The molecule has 1 aromatic rings. The third-order valence-electron chi connectivity index (χ3n) is 3.54. The largest absolute Gasteiger partial charge is 0.492 e. The van der Waals surface area contributed by atoms with Gasteiger partial charge in [-0.05, 0) is 31.5 Å². The van der Waals surface area contributed by atoms with Gasteiger partial charge in [0.2, 0.25) is 0 Å². The van der Waals surface area contributed by atoms with Gasteiger partial charge in [-0.2, -0.15) is 0 Å². The van der Waals surface area contributed by atoms with Crippen molar-refractivity contribution in [2.75, 3.05) is 25.1 Å². The summed E-state index contributed by atoms with van der Waals surface area (Å²) in [5.41, 5.74) is 1.35. The summed E-state index contributed by atoms with van der Waals surface area (Å²) < 4.78 is 36.7. The number of allylic oxidation sites excluding steroid dienone is 1. The molecule has 0 saturated carbocycles. The van der Waals surface area contributed by atoms with Crippen molar-refractivity contribution in [3.63, 3.8) is 0 Å². The Kier molecular flexibility index (Phi) is 4.46. The molecule has 0 spiro atoms. The van der Waals surface area contributed by atoms with Gasteiger partial charge in [0.25, 0.3) is 10.0 Å². The maximum Gasteiger partial charge on any atom is 0.337 e. The minimum atomic E-state index is -3.65. The minimum Gasteiger partial charge on any atom is -0.492 e. The quantitative estimate of drug-likeness (QED) is 0.795. The fourth-order valence-corrected chi connectivity index (χ4v) is 3.95. The molecule has 0 atom stereocenters. The van der Waals surface area contributed by atoms with Gasteiger partial charge >= 0.3 is 5.97 Å². The summed E-state index contributed by atoms with van der Waals surface area (Å²) in [6.45, 7) is 3.93. The van der Waals surface area contributed by atoms with Gasteiger partial charge in [0.15, 0.2) is 0 Å².